The third-order valence-electron chi connectivity index (χ3n) is 5.10. The van der Waals surface area contributed by atoms with Gasteiger partial charge in [-0.2, -0.15) is 0 Å². The van der Waals surface area contributed by atoms with E-state index in [9.17, 15) is 13.2 Å². The lowest BCUT2D eigenvalue weighted by Gasteiger charge is -2.29. The number of nitrogens with one attached hydrogen (secondary N) is 2. The fraction of sp³-hybridized carbons (Fsp3) is 0.941. The van der Waals surface area contributed by atoms with E-state index in [0.717, 1.165) is 65.0 Å². The Kier molecular flexibility index (Phi) is 8.12. The summed E-state index contributed by atoms with van der Waals surface area (Å²) in [6.45, 7) is 8.61. The van der Waals surface area contributed by atoms with Gasteiger partial charge in [0.25, 0.3) is 0 Å². The molecule has 25 heavy (non-hydrogen) atoms. The first-order chi connectivity index (χ1) is 11.9. The summed E-state index contributed by atoms with van der Waals surface area (Å²) in [7, 11) is -3.23. The molecule has 2 fully saturated rings. The van der Waals surface area contributed by atoms with Crippen molar-refractivity contribution >= 4 is 15.9 Å². The summed E-state index contributed by atoms with van der Waals surface area (Å²) in [5.41, 5.74) is 0. The van der Waals surface area contributed by atoms with Gasteiger partial charge in [-0.1, -0.05) is 0 Å². The number of ether oxygens (including phenoxy) is 1. The van der Waals surface area contributed by atoms with Gasteiger partial charge in [-0.15, -0.1) is 0 Å². The molecule has 1 aliphatic carbocycles. The van der Waals surface area contributed by atoms with Crippen molar-refractivity contribution in [1.82, 2.24) is 14.9 Å². The van der Waals surface area contributed by atoms with Crippen LogP contribution in [-0.2, 0) is 19.6 Å². The number of carbonyl (C=O) groups excluding carboxylic acids is 1. The third kappa shape index (κ3) is 6.84. The molecular formula is C17H33N3O4S. The first-order valence-corrected chi connectivity index (χ1v) is 11.0. The molecular weight excluding hydrogens is 342 g/mol. The average molecular weight is 376 g/mol. The molecule has 2 rings (SSSR count). The zero-order valence-electron chi connectivity index (χ0n) is 15.5. The Bertz CT molecular complexity index is 510. The highest BCUT2D eigenvalue weighted by atomic mass is 32.2. The molecule has 0 bridgehead atoms. The Morgan fingerprint density at radius 3 is 2.40 bits per heavy atom. The number of rotatable bonds is 8. The fourth-order valence-corrected chi connectivity index (χ4v) is 4.30. The maximum atomic E-state index is 12.3. The molecule has 1 saturated carbocycles. The van der Waals surface area contributed by atoms with Crippen LogP contribution >= 0.6 is 0 Å². The van der Waals surface area contributed by atoms with E-state index in [0.29, 0.717) is 6.54 Å². The molecule has 0 aromatic rings. The van der Waals surface area contributed by atoms with Crippen molar-refractivity contribution in [2.75, 3.05) is 39.4 Å². The maximum absolute atomic E-state index is 12.3. The van der Waals surface area contributed by atoms with Crippen LogP contribution in [0.1, 0.15) is 46.0 Å². The van der Waals surface area contributed by atoms with E-state index in [4.69, 9.17) is 4.74 Å². The number of morpholine rings is 1. The van der Waals surface area contributed by atoms with Gasteiger partial charge in [-0.05, 0) is 52.5 Å². The summed E-state index contributed by atoms with van der Waals surface area (Å²) in [6, 6.07) is -0.0298. The number of sulfonamides is 1. The number of carbonyl (C=O) groups is 1. The molecule has 0 aromatic heterocycles. The van der Waals surface area contributed by atoms with Crippen LogP contribution in [0.5, 0.6) is 0 Å². The van der Waals surface area contributed by atoms with E-state index in [1.54, 1.807) is 13.8 Å². The molecule has 7 nitrogen and oxygen atoms in total. The Balaban J connectivity index is 1.60. The molecule has 146 valence electrons. The van der Waals surface area contributed by atoms with Gasteiger partial charge in [0, 0.05) is 31.6 Å². The lowest BCUT2D eigenvalue weighted by Crippen LogP contribution is -2.43. The lowest BCUT2D eigenvalue weighted by atomic mass is 9.86. The molecule has 2 aliphatic rings. The Hall–Kier alpha value is -0.700. The second-order valence-electron chi connectivity index (χ2n) is 7.36. The monoisotopic (exact) mass is 375 g/mol. The van der Waals surface area contributed by atoms with Gasteiger partial charge in [0.15, 0.2) is 0 Å². The van der Waals surface area contributed by atoms with Crippen molar-refractivity contribution < 1.29 is 17.9 Å². The predicted molar refractivity (Wildman–Crippen MR) is 97.8 cm³/mol. The van der Waals surface area contributed by atoms with Gasteiger partial charge in [0.05, 0.1) is 18.5 Å². The fourth-order valence-electron chi connectivity index (χ4n) is 3.33. The zero-order chi connectivity index (χ0) is 18.3. The predicted octanol–water partition coefficient (Wildman–Crippen LogP) is 0.712. The van der Waals surface area contributed by atoms with Gasteiger partial charge in [-0.25, -0.2) is 13.1 Å². The van der Waals surface area contributed by atoms with Crippen molar-refractivity contribution in [1.29, 1.82) is 0 Å². The standard InChI is InChI=1S/C17H33N3O4S/c1-14(2)25(22,23)19-16-6-4-15(5-7-16)17(21)18-8-3-9-20-10-12-24-13-11-20/h14-16,19H,3-13H2,1-2H3,(H,18,21). The Labute approximate surface area is 151 Å². The van der Waals surface area contributed by atoms with Crippen molar-refractivity contribution in [3.8, 4) is 0 Å². The summed E-state index contributed by atoms with van der Waals surface area (Å²) >= 11 is 0. The third-order valence-corrected chi connectivity index (χ3v) is 7.01. The van der Waals surface area contributed by atoms with Crippen LogP contribution in [0.15, 0.2) is 0 Å². The topological polar surface area (TPSA) is 87.7 Å². The van der Waals surface area contributed by atoms with Crippen LogP contribution < -0.4 is 10.0 Å². The molecule has 0 unspecified atom stereocenters. The normalized spacial score (nSPS) is 25.9. The Morgan fingerprint density at radius 1 is 1.16 bits per heavy atom. The van der Waals surface area contributed by atoms with Crippen molar-refractivity contribution in [2.24, 2.45) is 5.92 Å². The summed E-state index contributed by atoms with van der Waals surface area (Å²) in [5, 5.41) is 2.62. The summed E-state index contributed by atoms with van der Waals surface area (Å²) < 4.78 is 31.9. The van der Waals surface area contributed by atoms with Crippen LogP contribution in [-0.4, -0.2) is 69.9 Å². The minimum absolute atomic E-state index is 0.0168. The first-order valence-electron chi connectivity index (χ1n) is 9.47. The van der Waals surface area contributed by atoms with Crippen LogP contribution in [0.4, 0.5) is 0 Å². The van der Waals surface area contributed by atoms with E-state index in [2.05, 4.69) is 14.9 Å². The highest BCUT2D eigenvalue weighted by Gasteiger charge is 2.29. The average Bonchev–Trinajstić information content (AvgIpc) is 2.59. The van der Waals surface area contributed by atoms with E-state index in [1.807, 2.05) is 0 Å². The summed E-state index contributed by atoms with van der Waals surface area (Å²) in [5.74, 6) is 0.135. The zero-order valence-corrected chi connectivity index (χ0v) is 16.3. The van der Waals surface area contributed by atoms with E-state index < -0.39 is 15.3 Å². The Morgan fingerprint density at radius 2 is 1.80 bits per heavy atom. The molecule has 0 spiro atoms. The molecule has 1 aliphatic heterocycles. The van der Waals surface area contributed by atoms with Crippen LogP contribution in [0, 0.1) is 5.92 Å². The second kappa shape index (κ2) is 9.85. The van der Waals surface area contributed by atoms with Crippen molar-refractivity contribution in [2.45, 2.75) is 57.2 Å². The second-order valence-corrected chi connectivity index (χ2v) is 9.63. The lowest BCUT2D eigenvalue weighted by molar-refractivity contribution is -0.126. The molecule has 1 amide bonds. The SMILES string of the molecule is CC(C)S(=O)(=O)NC1CCC(C(=O)NCCCN2CCOCC2)CC1. The molecule has 0 aromatic carbocycles. The minimum Gasteiger partial charge on any atom is -0.379 e. The molecule has 0 atom stereocenters. The first kappa shape index (κ1) is 20.6. The number of hydrogen-bond acceptors (Lipinski definition) is 5. The largest absolute Gasteiger partial charge is 0.379 e. The highest BCUT2D eigenvalue weighted by molar-refractivity contribution is 7.90. The minimum atomic E-state index is -3.23. The van der Waals surface area contributed by atoms with Crippen LogP contribution in [0.3, 0.4) is 0 Å². The molecule has 0 radical (unpaired) electrons. The maximum Gasteiger partial charge on any atom is 0.223 e. The van der Waals surface area contributed by atoms with E-state index in [1.165, 1.54) is 0 Å². The number of hydrogen-bond donors (Lipinski definition) is 2. The van der Waals surface area contributed by atoms with Crippen molar-refractivity contribution in [3.05, 3.63) is 0 Å². The van der Waals surface area contributed by atoms with Gasteiger partial charge in [-0.3, -0.25) is 9.69 Å². The van der Waals surface area contributed by atoms with Crippen LogP contribution in [0.2, 0.25) is 0 Å². The molecule has 1 heterocycles. The molecule has 2 N–H and O–H groups in total. The number of amides is 1. The molecule has 8 heteroatoms. The smallest absolute Gasteiger partial charge is 0.223 e. The summed E-state index contributed by atoms with van der Waals surface area (Å²) in [4.78, 5) is 14.6. The van der Waals surface area contributed by atoms with Gasteiger partial charge >= 0.3 is 0 Å². The van der Waals surface area contributed by atoms with Gasteiger partial charge in [0.2, 0.25) is 15.9 Å². The van der Waals surface area contributed by atoms with Crippen molar-refractivity contribution in [3.63, 3.8) is 0 Å². The van der Waals surface area contributed by atoms with E-state index in [-0.39, 0.29) is 17.9 Å². The van der Waals surface area contributed by atoms with Gasteiger partial charge < -0.3 is 10.1 Å². The quantitative estimate of drug-likeness (QED) is 0.610. The van der Waals surface area contributed by atoms with Crippen LogP contribution in [0.25, 0.3) is 0 Å². The van der Waals surface area contributed by atoms with Gasteiger partial charge in [0.1, 0.15) is 0 Å². The molecule has 1 saturated heterocycles. The number of nitrogens with zero attached hydrogens (tertiary/aromatic N) is 1. The highest BCUT2D eigenvalue weighted by Crippen LogP contribution is 2.25. The summed E-state index contributed by atoms with van der Waals surface area (Å²) in [6.07, 6.45) is 3.92. The van der Waals surface area contributed by atoms with E-state index >= 15 is 0 Å².